The number of anilines is 1. The molecule has 2 saturated heterocycles. The number of benzene rings is 1. The molecule has 2 nitrogen and oxygen atoms in total. The van der Waals surface area contributed by atoms with Crippen molar-refractivity contribution < 1.29 is 0 Å². The van der Waals surface area contributed by atoms with E-state index in [4.69, 9.17) is 0 Å². The van der Waals surface area contributed by atoms with Crippen molar-refractivity contribution in [2.75, 3.05) is 31.1 Å². The third-order valence-electron chi connectivity index (χ3n) is 4.13. The van der Waals surface area contributed by atoms with Gasteiger partial charge in [-0.3, -0.25) is 0 Å². The van der Waals surface area contributed by atoms with Crippen molar-refractivity contribution >= 4 is 5.69 Å². The van der Waals surface area contributed by atoms with Crippen LogP contribution in [-0.2, 0) is 0 Å². The minimum absolute atomic E-state index is 0.733. The second-order valence-electron chi connectivity index (χ2n) is 5.33. The maximum Gasteiger partial charge on any atom is 0.0366 e. The van der Waals surface area contributed by atoms with Crippen LogP contribution < -0.4 is 10.2 Å². The Kier molecular flexibility index (Phi) is 3.32. The van der Waals surface area contributed by atoms with Gasteiger partial charge in [0.1, 0.15) is 0 Å². The van der Waals surface area contributed by atoms with Gasteiger partial charge in [-0.05, 0) is 55.8 Å². The van der Waals surface area contributed by atoms with Crippen LogP contribution in [0, 0.1) is 0 Å². The summed E-state index contributed by atoms with van der Waals surface area (Å²) in [6.07, 6.45) is 5.37. The lowest BCUT2D eigenvalue weighted by atomic mass is 9.91. The third-order valence-corrected chi connectivity index (χ3v) is 4.13. The zero-order valence-electron chi connectivity index (χ0n) is 10.5. The Balaban J connectivity index is 1.70. The highest BCUT2D eigenvalue weighted by Crippen LogP contribution is 2.26. The Morgan fingerprint density at radius 3 is 2.41 bits per heavy atom. The predicted octanol–water partition coefficient (Wildman–Crippen LogP) is 2.75. The fourth-order valence-electron chi connectivity index (χ4n) is 3.07. The molecule has 17 heavy (non-hydrogen) atoms. The number of rotatable bonds is 2. The van der Waals surface area contributed by atoms with Gasteiger partial charge >= 0.3 is 0 Å². The lowest BCUT2D eigenvalue weighted by molar-refractivity contribution is 0.461. The third kappa shape index (κ3) is 2.47. The quantitative estimate of drug-likeness (QED) is 0.840. The van der Waals surface area contributed by atoms with E-state index < -0.39 is 0 Å². The lowest BCUT2D eigenvalue weighted by Crippen LogP contribution is -2.28. The molecular formula is C15H22N2. The van der Waals surface area contributed by atoms with Crippen LogP contribution in [0.4, 0.5) is 5.69 Å². The molecule has 1 N–H and O–H groups in total. The smallest absolute Gasteiger partial charge is 0.0366 e. The van der Waals surface area contributed by atoms with Gasteiger partial charge in [-0.25, -0.2) is 0 Å². The molecule has 0 saturated carbocycles. The molecule has 2 fully saturated rings. The van der Waals surface area contributed by atoms with Crippen molar-refractivity contribution in [3.8, 4) is 0 Å². The van der Waals surface area contributed by atoms with Crippen LogP contribution in [0.5, 0.6) is 0 Å². The largest absolute Gasteiger partial charge is 0.372 e. The Bertz CT molecular complexity index is 346. The molecule has 1 aromatic rings. The van der Waals surface area contributed by atoms with Crippen LogP contribution in [0.25, 0.3) is 0 Å². The van der Waals surface area contributed by atoms with E-state index in [-0.39, 0.29) is 0 Å². The number of nitrogens with one attached hydrogen (secondary N) is 1. The molecule has 2 aliphatic heterocycles. The lowest BCUT2D eigenvalue weighted by Gasteiger charge is -2.24. The summed E-state index contributed by atoms with van der Waals surface area (Å²) in [5.41, 5.74) is 2.93. The molecule has 3 rings (SSSR count). The van der Waals surface area contributed by atoms with Gasteiger partial charge in [0.25, 0.3) is 0 Å². The van der Waals surface area contributed by atoms with E-state index in [1.54, 1.807) is 0 Å². The van der Waals surface area contributed by atoms with Gasteiger partial charge in [0, 0.05) is 25.3 Å². The monoisotopic (exact) mass is 230 g/mol. The van der Waals surface area contributed by atoms with Gasteiger partial charge in [0.15, 0.2) is 0 Å². The summed E-state index contributed by atoms with van der Waals surface area (Å²) >= 11 is 0. The molecule has 2 heteroatoms. The average molecular weight is 230 g/mol. The number of hydrogen-bond donors (Lipinski definition) is 1. The molecule has 1 unspecified atom stereocenters. The molecule has 1 aromatic carbocycles. The normalized spacial score (nSPS) is 25.2. The van der Waals surface area contributed by atoms with Crippen LogP contribution >= 0.6 is 0 Å². The molecule has 2 aliphatic rings. The van der Waals surface area contributed by atoms with Crippen LogP contribution in [0.2, 0.25) is 0 Å². The van der Waals surface area contributed by atoms with Crippen LogP contribution in [0.3, 0.4) is 0 Å². The highest BCUT2D eigenvalue weighted by atomic mass is 15.1. The van der Waals surface area contributed by atoms with Crippen molar-refractivity contribution in [3.63, 3.8) is 0 Å². The first-order chi connectivity index (χ1) is 8.43. The minimum Gasteiger partial charge on any atom is -0.372 e. The first kappa shape index (κ1) is 11.1. The van der Waals surface area contributed by atoms with Gasteiger partial charge in [-0.2, -0.15) is 0 Å². The second-order valence-corrected chi connectivity index (χ2v) is 5.33. The summed E-state index contributed by atoms with van der Waals surface area (Å²) in [4.78, 5) is 2.50. The Morgan fingerprint density at radius 1 is 1.00 bits per heavy atom. The van der Waals surface area contributed by atoms with Gasteiger partial charge in [-0.15, -0.1) is 0 Å². The van der Waals surface area contributed by atoms with E-state index >= 15 is 0 Å². The number of piperidine rings is 1. The number of nitrogens with zero attached hydrogens (tertiary/aromatic N) is 1. The van der Waals surface area contributed by atoms with Gasteiger partial charge in [-0.1, -0.05) is 12.1 Å². The summed E-state index contributed by atoms with van der Waals surface area (Å²) in [5, 5.41) is 3.49. The molecule has 92 valence electrons. The molecule has 0 aromatic heterocycles. The van der Waals surface area contributed by atoms with Crippen molar-refractivity contribution in [3.05, 3.63) is 29.8 Å². The molecular weight excluding hydrogens is 208 g/mol. The van der Waals surface area contributed by atoms with Crippen LogP contribution in [0.15, 0.2) is 24.3 Å². The summed E-state index contributed by atoms with van der Waals surface area (Å²) in [6, 6.07) is 9.31. The summed E-state index contributed by atoms with van der Waals surface area (Å²) in [6.45, 7) is 4.83. The molecule has 0 spiro atoms. The van der Waals surface area contributed by atoms with Crippen LogP contribution in [0.1, 0.15) is 37.2 Å². The Labute approximate surface area is 104 Å². The zero-order chi connectivity index (χ0) is 11.5. The highest BCUT2D eigenvalue weighted by molar-refractivity contribution is 5.48. The van der Waals surface area contributed by atoms with Crippen LogP contribution in [-0.4, -0.2) is 26.2 Å². The van der Waals surface area contributed by atoms with Gasteiger partial charge in [0.2, 0.25) is 0 Å². The molecule has 2 heterocycles. The van der Waals surface area contributed by atoms with Gasteiger partial charge in [0.05, 0.1) is 0 Å². The Morgan fingerprint density at radius 2 is 1.76 bits per heavy atom. The van der Waals surface area contributed by atoms with Gasteiger partial charge < -0.3 is 10.2 Å². The molecule has 1 atom stereocenters. The summed E-state index contributed by atoms with van der Waals surface area (Å²) in [5.74, 6) is 0.733. The van der Waals surface area contributed by atoms with E-state index in [0.717, 1.165) is 12.5 Å². The molecule has 0 amide bonds. The summed E-state index contributed by atoms with van der Waals surface area (Å²) < 4.78 is 0. The number of hydrogen-bond acceptors (Lipinski definition) is 2. The van der Waals surface area contributed by atoms with Crippen molar-refractivity contribution in [2.24, 2.45) is 0 Å². The standard InChI is InChI=1S/C15H22N2/c1-2-11-17(10-1)15-7-5-13(6-8-15)14-4-3-9-16-12-14/h5-8,14,16H,1-4,9-12H2. The van der Waals surface area contributed by atoms with Crippen molar-refractivity contribution in [2.45, 2.75) is 31.6 Å². The second kappa shape index (κ2) is 5.09. The van der Waals surface area contributed by atoms with E-state index in [9.17, 15) is 0 Å². The topological polar surface area (TPSA) is 15.3 Å². The maximum atomic E-state index is 3.49. The Hall–Kier alpha value is -1.02. The fraction of sp³-hybridized carbons (Fsp3) is 0.600. The van der Waals surface area contributed by atoms with E-state index in [0.29, 0.717) is 0 Å². The first-order valence-corrected chi connectivity index (χ1v) is 6.99. The van der Waals surface area contributed by atoms with E-state index in [1.807, 2.05) is 0 Å². The van der Waals surface area contributed by atoms with E-state index in [2.05, 4.69) is 34.5 Å². The first-order valence-electron chi connectivity index (χ1n) is 6.99. The SMILES string of the molecule is c1cc(N2CCCC2)ccc1C1CCCNC1. The molecule has 0 bridgehead atoms. The maximum absolute atomic E-state index is 3.49. The van der Waals surface area contributed by atoms with Crippen molar-refractivity contribution in [1.82, 2.24) is 5.32 Å². The van der Waals surface area contributed by atoms with E-state index in [1.165, 1.54) is 56.6 Å². The molecule has 0 radical (unpaired) electrons. The van der Waals surface area contributed by atoms with Crippen molar-refractivity contribution in [1.29, 1.82) is 0 Å². The summed E-state index contributed by atoms with van der Waals surface area (Å²) in [7, 11) is 0. The fourth-order valence-corrected chi connectivity index (χ4v) is 3.07. The molecule has 0 aliphatic carbocycles. The predicted molar refractivity (Wildman–Crippen MR) is 72.7 cm³/mol. The highest BCUT2D eigenvalue weighted by Gasteiger charge is 2.16. The minimum atomic E-state index is 0.733. The average Bonchev–Trinajstić information content (AvgIpc) is 2.94. The zero-order valence-corrected chi connectivity index (χ0v) is 10.5.